The van der Waals surface area contributed by atoms with Crippen LogP contribution in [0.5, 0.6) is 0 Å². The maximum atomic E-state index is 11.8. The molecule has 0 saturated heterocycles. The van der Waals surface area contributed by atoms with E-state index in [1.807, 2.05) is 6.92 Å². The van der Waals surface area contributed by atoms with Crippen molar-refractivity contribution in [1.29, 1.82) is 0 Å². The standard InChI is InChI=1S/C10H11Cl2NOS/c1-5(6-2-3-6)13-10(14)7-4-8(11)15-9(7)12/h4-6H,2-3H2,1H3,(H,13,14). The SMILES string of the molecule is CC(NC(=O)c1cc(Cl)sc1Cl)C1CC1. The molecule has 2 nitrogen and oxygen atoms in total. The number of thiophene rings is 1. The molecule has 1 atom stereocenters. The highest BCUT2D eigenvalue weighted by atomic mass is 35.5. The molecular formula is C10H11Cl2NOS. The highest BCUT2D eigenvalue weighted by Crippen LogP contribution is 2.34. The van der Waals surface area contributed by atoms with Crippen molar-refractivity contribution in [2.24, 2.45) is 5.92 Å². The van der Waals surface area contributed by atoms with Crippen LogP contribution in [0.1, 0.15) is 30.1 Å². The second-order valence-corrected chi connectivity index (χ2v) is 6.12. The average molecular weight is 264 g/mol. The first-order valence-corrected chi connectivity index (χ1v) is 6.41. The summed E-state index contributed by atoms with van der Waals surface area (Å²) in [5.41, 5.74) is 0.485. The van der Waals surface area contributed by atoms with Crippen molar-refractivity contribution in [3.8, 4) is 0 Å². The Kier molecular flexibility index (Phi) is 3.24. The van der Waals surface area contributed by atoms with Gasteiger partial charge in [-0.15, -0.1) is 11.3 Å². The van der Waals surface area contributed by atoms with E-state index >= 15 is 0 Å². The van der Waals surface area contributed by atoms with Gasteiger partial charge < -0.3 is 5.32 Å². The van der Waals surface area contributed by atoms with Crippen molar-refractivity contribution >= 4 is 40.4 Å². The van der Waals surface area contributed by atoms with Gasteiger partial charge in [0.05, 0.1) is 9.90 Å². The Bertz CT molecular complexity index is 387. The molecule has 0 spiro atoms. The van der Waals surface area contributed by atoms with Crippen LogP contribution < -0.4 is 5.32 Å². The lowest BCUT2D eigenvalue weighted by Crippen LogP contribution is -2.33. The third-order valence-electron chi connectivity index (χ3n) is 2.59. The fourth-order valence-electron chi connectivity index (χ4n) is 1.49. The highest BCUT2D eigenvalue weighted by Gasteiger charge is 2.29. The number of carbonyl (C=O) groups is 1. The van der Waals surface area contributed by atoms with Crippen LogP contribution in [-0.4, -0.2) is 11.9 Å². The molecule has 1 aliphatic rings. The Balaban J connectivity index is 2.03. The van der Waals surface area contributed by atoms with Gasteiger partial charge in [-0.2, -0.15) is 0 Å². The van der Waals surface area contributed by atoms with Crippen molar-refractivity contribution < 1.29 is 4.79 Å². The number of nitrogens with one attached hydrogen (secondary N) is 1. The number of rotatable bonds is 3. The molecule has 2 rings (SSSR count). The van der Waals surface area contributed by atoms with Crippen molar-refractivity contribution in [2.75, 3.05) is 0 Å². The van der Waals surface area contributed by atoms with Gasteiger partial charge in [0.1, 0.15) is 4.34 Å². The second-order valence-electron chi connectivity index (χ2n) is 3.84. The first-order valence-electron chi connectivity index (χ1n) is 4.83. The summed E-state index contributed by atoms with van der Waals surface area (Å²) < 4.78 is 1.00. The molecule has 1 fully saturated rings. The molecule has 1 aliphatic carbocycles. The topological polar surface area (TPSA) is 29.1 Å². The molecular weight excluding hydrogens is 253 g/mol. The zero-order valence-electron chi connectivity index (χ0n) is 8.22. The third kappa shape index (κ3) is 2.65. The van der Waals surface area contributed by atoms with Crippen LogP contribution >= 0.6 is 34.5 Å². The molecule has 1 unspecified atom stereocenters. The fraction of sp³-hybridized carbons (Fsp3) is 0.500. The van der Waals surface area contributed by atoms with E-state index < -0.39 is 0 Å². The molecule has 0 aliphatic heterocycles. The number of halogens is 2. The summed E-state index contributed by atoms with van der Waals surface area (Å²) in [5.74, 6) is 0.518. The van der Waals surface area contributed by atoms with Crippen LogP contribution in [0.25, 0.3) is 0 Å². The summed E-state index contributed by atoms with van der Waals surface area (Å²) in [6, 6.07) is 1.84. The van der Waals surface area contributed by atoms with Gasteiger partial charge in [-0.25, -0.2) is 0 Å². The minimum Gasteiger partial charge on any atom is -0.349 e. The lowest BCUT2D eigenvalue weighted by molar-refractivity contribution is 0.0936. The van der Waals surface area contributed by atoms with E-state index in [9.17, 15) is 4.79 Å². The van der Waals surface area contributed by atoms with Gasteiger partial charge in [0.25, 0.3) is 5.91 Å². The van der Waals surface area contributed by atoms with Gasteiger partial charge in [-0.05, 0) is 31.7 Å². The fourth-order valence-corrected chi connectivity index (χ4v) is 2.95. The lowest BCUT2D eigenvalue weighted by Gasteiger charge is -2.11. The summed E-state index contributed by atoms with van der Waals surface area (Å²) in [6.45, 7) is 2.03. The monoisotopic (exact) mass is 263 g/mol. The molecule has 5 heteroatoms. The smallest absolute Gasteiger partial charge is 0.253 e. The first kappa shape index (κ1) is 11.2. The normalized spacial score (nSPS) is 17.5. The maximum Gasteiger partial charge on any atom is 0.253 e. The van der Waals surface area contributed by atoms with Crippen LogP contribution in [0.2, 0.25) is 8.67 Å². The van der Waals surface area contributed by atoms with Crippen LogP contribution in [0, 0.1) is 5.92 Å². The Morgan fingerprint density at radius 2 is 2.27 bits per heavy atom. The third-order valence-corrected chi connectivity index (χ3v) is 4.08. The van der Waals surface area contributed by atoms with Gasteiger partial charge in [0.15, 0.2) is 0 Å². The van der Waals surface area contributed by atoms with Gasteiger partial charge in [-0.3, -0.25) is 4.79 Å². The van der Waals surface area contributed by atoms with Crippen LogP contribution in [0.15, 0.2) is 6.07 Å². The molecule has 1 amide bonds. The van der Waals surface area contributed by atoms with E-state index in [0.29, 0.717) is 20.2 Å². The summed E-state index contributed by atoms with van der Waals surface area (Å²) >= 11 is 12.9. The van der Waals surface area contributed by atoms with Gasteiger partial charge >= 0.3 is 0 Å². The van der Waals surface area contributed by atoms with E-state index in [0.717, 1.165) is 0 Å². The van der Waals surface area contributed by atoms with E-state index in [4.69, 9.17) is 23.2 Å². The molecule has 1 aromatic heterocycles. The number of amides is 1. The molecule has 0 aromatic carbocycles. The zero-order valence-corrected chi connectivity index (χ0v) is 10.5. The summed E-state index contributed by atoms with van der Waals surface area (Å²) in [4.78, 5) is 11.8. The quantitative estimate of drug-likeness (QED) is 0.888. The lowest BCUT2D eigenvalue weighted by atomic mass is 10.2. The van der Waals surface area contributed by atoms with Crippen molar-refractivity contribution in [3.63, 3.8) is 0 Å². The maximum absolute atomic E-state index is 11.8. The molecule has 1 N–H and O–H groups in total. The molecule has 0 radical (unpaired) electrons. The number of carbonyl (C=O) groups excluding carboxylic acids is 1. The van der Waals surface area contributed by atoms with Gasteiger partial charge in [-0.1, -0.05) is 23.2 Å². The molecule has 1 heterocycles. The molecule has 15 heavy (non-hydrogen) atoms. The summed E-state index contributed by atoms with van der Waals surface area (Å²) in [5, 5.41) is 2.94. The van der Waals surface area contributed by atoms with Crippen LogP contribution in [-0.2, 0) is 0 Å². The van der Waals surface area contributed by atoms with Gasteiger partial charge in [0, 0.05) is 6.04 Å². The van der Waals surface area contributed by atoms with Gasteiger partial charge in [0.2, 0.25) is 0 Å². The van der Waals surface area contributed by atoms with E-state index in [1.54, 1.807) is 6.07 Å². The predicted octanol–water partition coefficient (Wildman–Crippen LogP) is 3.58. The Morgan fingerprint density at radius 1 is 1.60 bits per heavy atom. The highest BCUT2D eigenvalue weighted by molar-refractivity contribution is 7.20. The average Bonchev–Trinajstić information content (AvgIpc) is 2.92. The summed E-state index contributed by atoms with van der Waals surface area (Å²) in [6.07, 6.45) is 2.42. The number of hydrogen-bond acceptors (Lipinski definition) is 2. The van der Waals surface area contributed by atoms with E-state index in [2.05, 4.69) is 5.32 Å². The van der Waals surface area contributed by atoms with E-state index in [1.165, 1.54) is 24.2 Å². The largest absolute Gasteiger partial charge is 0.349 e. The minimum absolute atomic E-state index is 0.123. The molecule has 82 valence electrons. The van der Waals surface area contributed by atoms with Crippen molar-refractivity contribution in [3.05, 3.63) is 20.3 Å². The van der Waals surface area contributed by atoms with Crippen LogP contribution in [0.4, 0.5) is 0 Å². The Labute approximate surface area is 103 Å². The summed E-state index contributed by atoms with van der Waals surface area (Å²) in [7, 11) is 0. The molecule has 1 saturated carbocycles. The first-order chi connectivity index (χ1) is 7.08. The van der Waals surface area contributed by atoms with Crippen molar-refractivity contribution in [2.45, 2.75) is 25.8 Å². The Hall–Kier alpha value is -0.250. The minimum atomic E-state index is -0.123. The zero-order chi connectivity index (χ0) is 11.0. The molecule has 1 aromatic rings. The van der Waals surface area contributed by atoms with E-state index in [-0.39, 0.29) is 11.9 Å². The predicted molar refractivity (Wildman–Crippen MR) is 64.0 cm³/mol. The molecule has 0 bridgehead atoms. The van der Waals surface area contributed by atoms with Crippen LogP contribution in [0.3, 0.4) is 0 Å². The van der Waals surface area contributed by atoms with Crippen molar-refractivity contribution in [1.82, 2.24) is 5.32 Å². The second kappa shape index (κ2) is 4.32. The Morgan fingerprint density at radius 3 is 2.73 bits per heavy atom. The number of hydrogen-bond donors (Lipinski definition) is 1.